The number of alkyl halides is 2. The first-order valence-electron chi connectivity index (χ1n) is 9.42. The van der Waals surface area contributed by atoms with Crippen molar-refractivity contribution in [1.82, 2.24) is 9.80 Å². The van der Waals surface area contributed by atoms with Gasteiger partial charge in [0.15, 0.2) is 0 Å². The summed E-state index contributed by atoms with van der Waals surface area (Å²) < 4.78 is 42.3. The SMILES string of the molecule is CC(C)OCC1(CN(C)C)CC1(F)F.CCOCC1(CN(C)C)COC1. The van der Waals surface area contributed by atoms with Crippen LogP contribution in [0.25, 0.3) is 0 Å². The third kappa shape index (κ3) is 7.00. The van der Waals surface area contributed by atoms with E-state index in [2.05, 4.69) is 19.0 Å². The number of hydrogen-bond acceptors (Lipinski definition) is 5. The molecule has 7 heteroatoms. The number of nitrogens with zero attached hydrogens (tertiary/aromatic N) is 2. The molecular weight excluding hydrogens is 342 g/mol. The predicted molar refractivity (Wildman–Crippen MR) is 99.9 cm³/mol. The minimum Gasteiger partial charge on any atom is -0.381 e. The Morgan fingerprint density at radius 1 is 1.00 bits per heavy atom. The van der Waals surface area contributed by atoms with Crippen molar-refractivity contribution in [2.75, 3.05) is 74.3 Å². The summed E-state index contributed by atoms with van der Waals surface area (Å²) in [4.78, 5) is 3.99. The van der Waals surface area contributed by atoms with Gasteiger partial charge in [-0.2, -0.15) is 0 Å². The molecule has 2 rings (SSSR count). The molecule has 0 amide bonds. The van der Waals surface area contributed by atoms with E-state index in [4.69, 9.17) is 14.2 Å². The maximum atomic E-state index is 13.2. The van der Waals surface area contributed by atoms with Gasteiger partial charge in [-0.1, -0.05) is 0 Å². The molecule has 0 aromatic rings. The molecule has 0 aromatic heterocycles. The lowest BCUT2D eigenvalue weighted by Gasteiger charge is -2.42. The second-order valence-electron chi connectivity index (χ2n) is 8.63. The van der Waals surface area contributed by atoms with E-state index in [9.17, 15) is 8.78 Å². The van der Waals surface area contributed by atoms with Gasteiger partial charge in [0.1, 0.15) is 0 Å². The van der Waals surface area contributed by atoms with Gasteiger partial charge in [0.25, 0.3) is 5.92 Å². The Morgan fingerprint density at radius 3 is 1.85 bits per heavy atom. The molecule has 0 bridgehead atoms. The smallest absolute Gasteiger partial charge is 0.258 e. The van der Waals surface area contributed by atoms with Crippen LogP contribution in [0.15, 0.2) is 0 Å². The number of ether oxygens (including phenoxy) is 3. The molecule has 1 aliphatic heterocycles. The van der Waals surface area contributed by atoms with E-state index in [1.165, 1.54) is 0 Å². The monoisotopic (exact) mass is 380 g/mol. The maximum absolute atomic E-state index is 13.2. The number of hydrogen-bond donors (Lipinski definition) is 0. The first-order valence-corrected chi connectivity index (χ1v) is 9.42. The van der Waals surface area contributed by atoms with E-state index in [-0.39, 0.29) is 24.5 Å². The Hall–Kier alpha value is -0.340. The van der Waals surface area contributed by atoms with Crippen LogP contribution >= 0.6 is 0 Å². The van der Waals surface area contributed by atoms with Crippen molar-refractivity contribution < 1.29 is 23.0 Å². The van der Waals surface area contributed by atoms with Gasteiger partial charge in [0, 0.05) is 26.1 Å². The Bertz CT molecular complexity index is 416. The summed E-state index contributed by atoms with van der Waals surface area (Å²) in [6.07, 6.45) is -0.0179. The molecule has 1 unspecified atom stereocenters. The van der Waals surface area contributed by atoms with Crippen molar-refractivity contribution >= 4 is 0 Å². The van der Waals surface area contributed by atoms with E-state index in [1.54, 1.807) is 4.90 Å². The van der Waals surface area contributed by atoms with Gasteiger partial charge in [-0.15, -0.1) is 0 Å². The van der Waals surface area contributed by atoms with E-state index in [0.29, 0.717) is 6.54 Å². The molecule has 0 radical (unpaired) electrons. The van der Waals surface area contributed by atoms with E-state index in [0.717, 1.165) is 33.0 Å². The summed E-state index contributed by atoms with van der Waals surface area (Å²) in [5, 5.41) is 0. The molecule has 26 heavy (non-hydrogen) atoms. The molecule has 0 aromatic carbocycles. The largest absolute Gasteiger partial charge is 0.381 e. The number of halogens is 2. The Kier molecular flexibility index (Phi) is 8.87. The molecule has 156 valence electrons. The highest BCUT2D eigenvalue weighted by Gasteiger charge is 2.71. The van der Waals surface area contributed by atoms with Crippen molar-refractivity contribution in [2.45, 2.75) is 39.2 Å². The third-order valence-electron chi connectivity index (χ3n) is 4.60. The van der Waals surface area contributed by atoms with Gasteiger partial charge in [-0.25, -0.2) is 8.78 Å². The van der Waals surface area contributed by atoms with Gasteiger partial charge >= 0.3 is 0 Å². The second-order valence-corrected chi connectivity index (χ2v) is 8.63. The van der Waals surface area contributed by atoms with Crippen LogP contribution in [0.1, 0.15) is 27.2 Å². The minimum absolute atomic E-state index is 0.0189. The van der Waals surface area contributed by atoms with Crippen LogP contribution in [0.2, 0.25) is 0 Å². The average molecular weight is 381 g/mol. The second kappa shape index (κ2) is 9.73. The average Bonchev–Trinajstić information content (AvgIpc) is 3.00. The fourth-order valence-corrected chi connectivity index (χ4v) is 3.29. The van der Waals surface area contributed by atoms with Crippen LogP contribution in [0, 0.1) is 10.8 Å². The van der Waals surface area contributed by atoms with Crippen LogP contribution in [0.4, 0.5) is 8.78 Å². The van der Waals surface area contributed by atoms with Gasteiger partial charge < -0.3 is 24.0 Å². The lowest BCUT2D eigenvalue weighted by atomic mass is 9.86. The summed E-state index contributed by atoms with van der Waals surface area (Å²) in [5.41, 5.74) is -0.652. The van der Waals surface area contributed by atoms with Gasteiger partial charge in [-0.05, 0) is 49.0 Å². The zero-order valence-electron chi connectivity index (χ0n) is 17.6. The molecule has 2 fully saturated rings. The normalized spacial score (nSPS) is 25.8. The van der Waals surface area contributed by atoms with E-state index in [1.807, 2.05) is 34.9 Å². The highest BCUT2D eigenvalue weighted by Crippen LogP contribution is 2.60. The zero-order chi connectivity index (χ0) is 20.0. The lowest BCUT2D eigenvalue weighted by molar-refractivity contribution is -0.154. The lowest BCUT2D eigenvalue weighted by Crippen LogP contribution is -2.52. The van der Waals surface area contributed by atoms with Gasteiger partial charge in [-0.3, -0.25) is 0 Å². The summed E-state index contributed by atoms with van der Waals surface area (Å²) in [6, 6.07) is 0. The molecule has 0 spiro atoms. The maximum Gasteiger partial charge on any atom is 0.258 e. The third-order valence-corrected chi connectivity index (χ3v) is 4.60. The molecule has 5 nitrogen and oxygen atoms in total. The van der Waals surface area contributed by atoms with Crippen molar-refractivity contribution in [3.05, 3.63) is 0 Å². The highest BCUT2D eigenvalue weighted by molar-refractivity contribution is 5.11. The molecule has 1 atom stereocenters. The molecule has 1 saturated carbocycles. The minimum atomic E-state index is -2.54. The summed E-state index contributed by atoms with van der Waals surface area (Å²) in [6.45, 7) is 10.7. The fourth-order valence-electron chi connectivity index (χ4n) is 3.29. The molecule has 1 heterocycles. The summed E-state index contributed by atoms with van der Waals surface area (Å²) in [7, 11) is 7.80. The number of rotatable bonds is 10. The van der Waals surface area contributed by atoms with Gasteiger partial charge in [0.05, 0.1) is 43.4 Å². The first kappa shape index (κ1) is 23.7. The Morgan fingerprint density at radius 2 is 1.54 bits per heavy atom. The van der Waals surface area contributed by atoms with Crippen molar-refractivity contribution in [3.8, 4) is 0 Å². The van der Waals surface area contributed by atoms with Crippen molar-refractivity contribution in [1.29, 1.82) is 0 Å². The van der Waals surface area contributed by atoms with E-state index >= 15 is 0 Å². The van der Waals surface area contributed by atoms with Gasteiger partial charge in [0.2, 0.25) is 0 Å². The predicted octanol–water partition coefficient (Wildman–Crippen LogP) is 2.60. The standard InChI is InChI=1S/C10H19F2NO.C9H19NO2/c1-8(2)14-7-9(6-13(3)4)5-10(9,11)12;1-4-11-6-9(5-10(2)3)7-12-8-9/h8H,5-7H2,1-4H3;4-8H2,1-3H3. The molecule has 2 aliphatic rings. The van der Waals surface area contributed by atoms with Crippen LogP contribution in [0.5, 0.6) is 0 Å². The Balaban J connectivity index is 0.000000263. The van der Waals surface area contributed by atoms with Crippen LogP contribution in [-0.2, 0) is 14.2 Å². The van der Waals surface area contributed by atoms with Crippen LogP contribution < -0.4 is 0 Å². The molecular formula is C19H38F2N2O3. The van der Waals surface area contributed by atoms with E-state index < -0.39 is 11.3 Å². The molecule has 1 aliphatic carbocycles. The van der Waals surface area contributed by atoms with Crippen LogP contribution in [0.3, 0.4) is 0 Å². The molecule has 1 saturated heterocycles. The highest BCUT2D eigenvalue weighted by atomic mass is 19.3. The topological polar surface area (TPSA) is 34.2 Å². The molecule has 0 N–H and O–H groups in total. The summed E-state index contributed by atoms with van der Waals surface area (Å²) in [5.74, 6) is -2.54. The van der Waals surface area contributed by atoms with Crippen molar-refractivity contribution in [3.63, 3.8) is 0 Å². The van der Waals surface area contributed by atoms with Crippen molar-refractivity contribution in [2.24, 2.45) is 10.8 Å². The first-order chi connectivity index (χ1) is 12.0. The Labute approximate surface area is 157 Å². The van der Waals surface area contributed by atoms with Crippen LogP contribution in [-0.4, -0.2) is 96.1 Å². The quantitative estimate of drug-likeness (QED) is 0.582. The fraction of sp³-hybridized carbons (Fsp3) is 1.00. The zero-order valence-corrected chi connectivity index (χ0v) is 17.6. The summed E-state index contributed by atoms with van der Waals surface area (Å²) >= 11 is 0.